The lowest BCUT2D eigenvalue weighted by Gasteiger charge is -2.21. The minimum atomic E-state index is -2.24. The zero-order valence-corrected chi connectivity index (χ0v) is 15.5. The Balaban J connectivity index is 0.000000220. The van der Waals surface area contributed by atoms with Gasteiger partial charge in [0.15, 0.2) is 0 Å². The molecule has 0 aromatic carbocycles. The van der Waals surface area contributed by atoms with Gasteiger partial charge in [0, 0.05) is 16.9 Å². The van der Waals surface area contributed by atoms with Crippen molar-refractivity contribution < 1.29 is 18.6 Å². The average Bonchev–Trinajstić information content (AvgIpc) is 2.82. The fourth-order valence-electron chi connectivity index (χ4n) is 1.85. The number of thioether (sulfide) groups is 1. The highest BCUT2D eigenvalue weighted by Gasteiger charge is 2.39. The molecule has 126 valence electrons. The summed E-state index contributed by atoms with van der Waals surface area (Å²) in [4.78, 5) is 32.6. The fourth-order valence-corrected chi connectivity index (χ4v) is 4.59. The summed E-state index contributed by atoms with van der Waals surface area (Å²) in [5, 5.41) is 1.80. The van der Waals surface area contributed by atoms with Gasteiger partial charge in [-0.3, -0.25) is 19.7 Å². The molecule has 2 aliphatic heterocycles. The van der Waals surface area contributed by atoms with E-state index in [0.29, 0.717) is 12.2 Å². The third kappa shape index (κ3) is 4.55. The maximum Gasteiger partial charge on any atom is 0.286 e. The molecule has 0 aromatic heterocycles. The summed E-state index contributed by atoms with van der Waals surface area (Å²) in [7, 11) is -2.24. The Morgan fingerprint density at radius 3 is 1.86 bits per heavy atom. The third-order valence-corrected chi connectivity index (χ3v) is 7.92. The first-order valence-corrected chi connectivity index (χ1v) is 9.61. The lowest BCUT2D eigenvalue weighted by molar-refractivity contribution is -0.120. The van der Waals surface area contributed by atoms with Gasteiger partial charge in [0.05, 0.1) is 15.0 Å². The highest BCUT2D eigenvalue weighted by atomic mass is 32.2. The maximum absolute atomic E-state index is 11.8. The van der Waals surface area contributed by atoms with E-state index in [1.165, 1.54) is 0 Å². The summed E-state index contributed by atoms with van der Waals surface area (Å²) >= 11 is 1.08. The molecule has 1 fully saturated rings. The van der Waals surface area contributed by atoms with Gasteiger partial charge in [-0.15, -0.1) is 0 Å². The maximum atomic E-state index is 11.8. The molecule has 1 saturated heterocycles. The van der Waals surface area contributed by atoms with Crippen molar-refractivity contribution in [1.29, 1.82) is 0 Å². The summed E-state index contributed by atoms with van der Waals surface area (Å²) in [5.74, 6) is 0.0763. The normalized spacial score (nSPS) is 28.8. The molecule has 8 heteroatoms. The number of carbonyl (C=O) groups is 3. The number of imide groups is 1. The van der Waals surface area contributed by atoms with Crippen LogP contribution in [-0.4, -0.2) is 37.0 Å². The van der Waals surface area contributed by atoms with Crippen LogP contribution in [0.5, 0.6) is 0 Å². The molecule has 2 rings (SSSR count). The first-order valence-electron chi connectivity index (χ1n) is 7.05. The van der Waals surface area contributed by atoms with Crippen LogP contribution in [-0.2, 0) is 19.3 Å². The number of amides is 3. The van der Waals surface area contributed by atoms with Crippen molar-refractivity contribution in [2.45, 2.75) is 58.0 Å². The van der Waals surface area contributed by atoms with Crippen LogP contribution >= 0.6 is 11.8 Å². The van der Waals surface area contributed by atoms with E-state index in [9.17, 15) is 18.6 Å². The van der Waals surface area contributed by atoms with Crippen LogP contribution in [0.3, 0.4) is 0 Å². The Hall–Kier alpha value is -0.890. The Kier molecular flexibility index (Phi) is 5.50. The first kappa shape index (κ1) is 19.2. The molecular weight excluding hydrogens is 324 g/mol. The number of hydrogen-bond acceptors (Lipinski definition) is 5. The van der Waals surface area contributed by atoms with Crippen molar-refractivity contribution in [3.8, 4) is 0 Å². The third-order valence-electron chi connectivity index (χ3n) is 3.27. The molecule has 6 nitrogen and oxygen atoms in total. The zero-order chi connectivity index (χ0) is 17.3. The first-order chi connectivity index (χ1) is 9.76. The quantitative estimate of drug-likeness (QED) is 0.726. The summed E-state index contributed by atoms with van der Waals surface area (Å²) in [6.07, 6.45) is 0.357. The van der Waals surface area contributed by atoms with Gasteiger partial charge < -0.3 is 0 Å². The number of rotatable bonds is 0. The standard InChI is InChI=1S/C7H11NO2S.C7H13NO2S/c1-7(2,3)4-5(9)8-6(10)11-4;1-7(2,3)11(10)5-4-6(9)8-11/h4H,1-3H3,(H,8,9,10);4-5H2,1-3H3. The minimum absolute atomic E-state index is 0.138. The van der Waals surface area contributed by atoms with Crippen molar-refractivity contribution >= 4 is 38.5 Å². The number of nitrogens with zero attached hydrogens (tertiary/aromatic N) is 1. The number of hydrogen-bond donors (Lipinski definition) is 1. The molecule has 2 aliphatic rings. The van der Waals surface area contributed by atoms with Crippen molar-refractivity contribution in [3.05, 3.63) is 0 Å². The van der Waals surface area contributed by atoms with Gasteiger partial charge in [0.1, 0.15) is 0 Å². The zero-order valence-electron chi connectivity index (χ0n) is 13.9. The second-order valence-electron chi connectivity index (χ2n) is 7.33. The summed E-state index contributed by atoms with van der Waals surface area (Å²) in [5.41, 5.74) is -0.138. The number of carbonyl (C=O) groups excluding carboxylic acids is 3. The van der Waals surface area contributed by atoms with Gasteiger partial charge in [0.2, 0.25) is 5.91 Å². The Labute approximate surface area is 136 Å². The lowest BCUT2D eigenvalue weighted by atomic mass is 9.91. The van der Waals surface area contributed by atoms with Crippen molar-refractivity contribution in [1.82, 2.24) is 5.32 Å². The van der Waals surface area contributed by atoms with E-state index in [2.05, 4.69) is 9.68 Å². The molecule has 3 amide bonds. The van der Waals surface area contributed by atoms with Gasteiger partial charge >= 0.3 is 0 Å². The molecule has 22 heavy (non-hydrogen) atoms. The molecule has 1 N–H and O–H groups in total. The van der Waals surface area contributed by atoms with E-state index < -0.39 is 9.73 Å². The van der Waals surface area contributed by atoms with Gasteiger partial charge in [-0.05, 0) is 26.2 Å². The molecule has 2 atom stereocenters. The van der Waals surface area contributed by atoms with Crippen LogP contribution in [0.25, 0.3) is 0 Å². The molecule has 0 aromatic rings. The van der Waals surface area contributed by atoms with Crippen molar-refractivity contribution in [3.63, 3.8) is 0 Å². The van der Waals surface area contributed by atoms with Crippen LogP contribution in [0.1, 0.15) is 48.0 Å². The smallest absolute Gasteiger partial charge is 0.286 e. The molecule has 0 bridgehead atoms. The Bertz CT molecular complexity index is 605. The summed E-state index contributed by atoms with van der Waals surface area (Å²) in [6.45, 7) is 11.4. The van der Waals surface area contributed by atoms with E-state index >= 15 is 0 Å². The molecular formula is C14H24N2O4S2. The Morgan fingerprint density at radius 2 is 1.68 bits per heavy atom. The average molecular weight is 348 g/mol. The SMILES string of the molecule is CC(C)(C)C1SC(=O)NC1=O.CC(C)(C)S1(=O)=NC(=O)CC1. The highest BCUT2D eigenvalue weighted by molar-refractivity contribution is 8.15. The van der Waals surface area contributed by atoms with E-state index in [1.54, 1.807) is 0 Å². The second kappa shape index (κ2) is 6.31. The molecule has 0 aliphatic carbocycles. The van der Waals surface area contributed by atoms with Crippen molar-refractivity contribution in [2.75, 3.05) is 5.75 Å². The lowest BCUT2D eigenvalue weighted by Crippen LogP contribution is -2.33. The second-order valence-corrected chi connectivity index (χ2v) is 11.5. The van der Waals surface area contributed by atoms with E-state index in [-0.39, 0.29) is 32.5 Å². The molecule has 0 saturated carbocycles. The van der Waals surface area contributed by atoms with Crippen LogP contribution in [0.4, 0.5) is 4.79 Å². The van der Waals surface area contributed by atoms with Gasteiger partial charge in [-0.1, -0.05) is 32.5 Å². The highest BCUT2D eigenvalue weighted by Crippen LogP contribution is 2.34. The molecule has 2 unspecified atom stereocenters. The van der Waals surface area contributed by atoms with Gasteiger partial charge in [-0.25, -0.2) is 4.21 Å². The van der Waals surface area contributed by atoms with E-state index in [0.717, 1.165) is 11.8 Å². The Morgan fingerprint density at radius 1 is 1.14 bits per heavy atom. The predicted molar refractivity (Wildman–Crippen MR) is 89.2 cm³/mol. The monoisotopic (exact) mass is 348 g/mol. The van der Waals surface area contributed by atoms with Crippen LogP contribution in [0.15, 0.2) is 4.36 Å². The van der Waals surface area contributed by atoms with E-state index in [4.69, 9.17) is 0 Å². The fraction of sp³-hybridized carbons (Fsp3) is 0.786. The minimum Gasteiger partial charge on any atom is -0.286 e. The van der Waals surface area contributed by atoms with Crippen LogP contribution in [0.2, 0.25) is 0 Å². The molecule has 2 heterocycles. The molecule has 0 spiro atoms. The summed E-state index contributed by atoms with van der Waals surface area (Å²) in [6, 6.07) is 0. The van der Waals surface area contributed by atoms with Gasteiger partial charge in [0.25, 0.3) is 11.1 Å². The van der Waals surface area contributed by atoms with Crippen molar-refractivity contribution in [2.24, 2.45) is 9.78 Å². The topological polar surface area (TPSA) is 92.7 Å². The summed E-state index contributed by atoms with van der Waals surface area (Å²) < 4.78 is 15.1. The van der Waals surface area contributed by atoms with Crippen LogP contribution in [0, 0.1) is 5.41 Å². The van der Waals surface area contributed by atoms with E-state index in [1.807, 2.05) is 41.5 Å². The van der Waals surface area contributed by atoms with Crippen LogP contribution < -0.4 is 5.32 Å². The largest absolute Gasteiger partial charge is 0.286 e. The van der Waals surface area contributed by atoms with Gasteiger partial charge in [-0.2, -0.15) is 4.36 Å². The predicted octanol–water partition coefficient (Wildman–Crippen LogP) is 2.57. The molecule has 0 radical (unpaired) electrons. The number of nitrogens with one attached hydrogen (secondary N) is 1.